The minimum absolute atomic E-state index is 0.0503. The van der Waals surface area contributed by atoms with Crippen molar-refractivity contribution < 1.29 is 38.4 Å². The van der Waals surface area contributed by atoms with E-state index < -0.39 is 30.6 Å². The average Bonchev–Trinajstić information content (AvgIpc) is 3.21. The molecule has 10 heteroatoms. The predicted molar refractivity (Wildman–Crippen MR) is 118 cm³/mol. The lowest BCUT2D eigenvalue weighted by atomic mass is 10.1. The van der Waals surface area contributed by atoms with Crippen molar-refractivity contribution in [3.8, 4) is 11.5 Å². The van der Waals surface area contributed by atoms with Crippen LogP contribution < -0.4 is 14.8 Å². The number of methoxy groups -OCH3 is 2. The lowest BCUT2D eigenvalue weighted by molar-refractivity contribution is -0.221. The molecule has 0 aromatic heterocycles. The third-order valence-electron chi connectivity index (χ3n) is 4.97. The van der Waals surface area contributed by atoms with Crippen LogP contribution in [0, 0.1) is 0 Å². The number of esters is 2. The fourth-order valence-corrected chi connectivity index (χ4v) is 3.46. The summed E-state index contributed by atoms with van der Waals surface area (Å²) in [5.74, 6) is -1.03. The van der Waals surface area contributed by atoms with Gasteiger partial charge in [0, 0.05) is 17.6 Å². The second-order valence-corrected chi connectivity index (χ2v) is 7.89. The molecule has 1 aliphatic heterocycles. The van der Waals surface area contributed by atoms with E-state index in [2.05, 4.69) is 14.8 Å². The topological polar surface area (TPSA) is 113 Å². The molecule has 0 saturated heterocycles. The SMILES string of the molecule is COC(=O)C(O[C@@H]1Oc2ccc(CC(C)NC[C@H](O)c3cccc(Cl)c3)cc2O1)C(=O)OC. The Morgan fingerprint density at radius 2 is 1.79 bits per heavy atom. The maximum absolute atomic E-state index is 11.8. The summed E-state index contributed by atoms with van der Waals surface area (Å²) in [7, 11) is 2.25. The second-order valence-electron chi connectivity index (χ2n) is 7.45. The molecule has 1 aliphatic rings. The van der Waals surface area contributed by atoms with Gasteiger partial charge in [-0.05, 0) is 48.7 Å². The molecule has 1 heterocycles. The van der Waals surface area contributed by atoms with Crippen LogP contribution in [0.4, 0.5) is 0 Å². The van der Waals surface area contributed by atoms with Crippen LogP contribution in [0.3, 0.4) is 0 Å². The summed E-state index contributed by atoms with van der Waals surface area (Å²) < 4.78 is 25.5. The number of fused-ring (bicyclic) bond motifs is 1. The molecule has 0 amide bonds. The predicted octanol–water partition coefficient (Wildman–Crippen LogP) is 2.38. The number of aliphatic hydroxyl groups is 1. The molecule has 0 radical (unpaired) electrons. The molecule has 0 spiro atoms. The van der Waals surface area contributed by atoms with Crippen molar-refractivity contribution in [2.24, 2.45) is 0 Å². The van der Waals surface area contributed by atoms with Gasteiger partial charge >= 0.3 is 18.4 Å². The molecule has 0 saturated carbocycles. The van der Waals surface area contributed by atoms with Crippen molar-refractivity contribution in [3.63, 3.8) is 0 Å². The molecular weight excluding hydrogens is 454 g/mol. The number of hydrogen-bond donors (Lipinski definition) is 2. The highest BCUT2D eigenvalue weighted by atomic mass is 35.5. The van der Waals surface area contributed by atoms with E-state index in [4.69, 9.17) is 25.8 Å². The van der Waals surface area contributed by atoms with Gasteiger partial charge in [0.2, 0.25) is 0 Å². The third-order valence-corrected chi connectivity index (χ3v) is 5.20. The van der Waals surface area contributed by atoms with Crippen LogP contribution in [-0.4, -0.2) is 56.4 Å². The molecule has 1 unspecified atom stereocenters. The summed E-state index contributed by atoms with van der Waals surface area (Å²) in [5.41, 5.74) is 1.70. The quantitative estimate of drug-likeness (QED) is 0.391. The molecule has 9 nitrogen and oxygen atoms in total. The smallest absolute Gasteiger partial charge is 0.362 e. The minimum atomic E-state index is -1.63. The number of aliphatic hydroxyl groups excluding tert-OH is 1. The third kappa shape index (κ3) is 6.58. The Bertz CT molecular complexity index is 969. The van der Waals surface area contributed by atoms with Gasteiger partial charge in [-0.25, -0.2) is 9.59 Å². The number of benzene rings is 2. The summed E-state index contributed by atoms with van der Waals surface area (Å²) in [6.45, 7) is 1.06. The van der Waals surface area contributed by atoms with Crippen LogP contribution in [0.25, 0.3) is 0 Å². The average molecular weight is 480 g/mol. The maximum Gasteiger partial charge on any atom is 0.362 e. The molecule has 0 aliphatic carbocycles. The zero-order valence-electron chi connectivity index (χ0n) is 18.4. The van der Waals surface area contributed by atoms with E-state index in [0.717, 1.165) is 25.3 Å². The van der Waals surface area contributed by atoms with Gasteiger partial charge in [-0.3, -0.25) is 4.74 Å². The van der Waals surface area contributed by atoms with Gasteiger partial charge in [0.1, 0.15) is 0 Å². The summed E-state index contributed by atoms with van der Waals surface area (Å²) in [6, 6.07) is 12.5. The number of hydrogen-bond acceptors (Lipinski definition) is 9. The van der Waals surface area contributed by atoms with E-state index in [9.17, 15) is 14.7 Å². The Morgan fingerprint density at radius 3 is 2.45 bits per heavy atom. The second kappa shape index (κ2) is 11.3. The van der Waals surface area contributed by atoms with E-state index in [0.29, 0.717) is 29.5 Å². The molecule has 2 N–H and O–H groups in total. The van der Waals surface area contributed by atoms with Crippen LogP contribution in [0.15, 0.2) is 42.5 Å². The van der Waals surface area contributed by atoms with E-state index in [-0.39, 0.29) is 6.04 Å². The number of ether oxygens (including phenoxy) is 5. The van der Waals surface area contributed by atoms with E-state index in [1.807, 2.05) is 19.1 Å². The molecule has 3 atom stereocenters. The number of rotatable bonds is 10. The highest BCUT2D eigenvalue weighted by Crippen LogP contribution is 2.36. The number of carbonyl (C=O) groups excluding carboxylic acids is 2. The molecule has 0 fully saturated rings. The van der Waals surface area contributed by atoms with Gasteiger partial charge in [0.05, 0.1) is 20.3 Å². The van der Waals surface area contributed by atoms with Crippen LogP contribution in [0.5, 0.6) is 11.5 Å². The van der Waals surface area contributed by atoms with E-state index in [1.165, 1.54) is 0 Å². The number of nitrogens with one attached hydrogen (secondary N) is 1. The Morgan fingerprint density at radius 1 is 1.09 bits per heavy atom. The molecule has 3 rings (SSSR count). The lowest BCUT2D eigenvalue weighted by Gasteiger charge is -2.18. The first-order chi connectivity index (χ1) is 15.8. The van der Waals surface area contributed by atoms with E-state index in [1.54, 1.807) is 30.3 Å². The first kappa shape index (κ1) is 24.8. The van der Waals surface area contributed by atoms with Gasteiger partial charge in [-0.1, -0.05) is 29.8 Å². The zero-order chi connectivity index (χ0) is 24.0. The highest BCUT2D eigenvalue weighted by molar-refractivity contribution is 6.30. The standard InChI is InChI=1S/C23H26ClNO8/c1-13(25-12-17(26)15-5-4-6-16(24)11-15)9-14-7-8-18-19(10-14)32-23(31-18)33-20(21(27)29-2)22(28)30-3/h4-8,10-11,13,17,20,23,25-26H,9,12H2,1-3H3/t13?,17-,23+/m0/s1. The normalized spacial score (nSPS) is 16.4. The fourth-order valence-electron chi connectivity index (χ4n) is 3.26. The zero-order valence-corrected chi connectivity index (χ0v) is 19.2. The van der Waals surface area contributed by atoms with Crippen molar-refractivity contribution in [1.29, 1.82) is 0 Å². The molecular formula is C23H26ClNO8. The first-order valence-electron chi connectivity index (χ1n) is 10.2. The summed E-state index contributed by atoms with van der Waals surface area (Å²) >= 11 is 5.98. The van der Waals surface area contributed by atoms with Gasteiger partial charge < -0.3 is 29.4 Å². The first-order valence-corrected chi connectivity index (χ1v) is 10.6. The Hall–Kier alpha value is -2.85. The molecule has 178 valence electrons. The Balaban J connectivity index is 1.54. The van der Waals surface area contributed by atoms with Crippen LogP contribution in [0.1, 0.15) is 24.2 Å². The number of halogens is 1. The molecule has 2 aromatic rings. The van der Waals surface area contributed by atoms with Crippen LogP contribution >= 0.6 is 11.6 Å². The summed E-state index contributed by atoms with van der Waals surface area (Å²) in [6.07, 6.45) is -1.66. The molecule has 0 bridgehead atoms. The minimum Gasteiger partial charge on any atom is -0.467 e. The molecule has 2 aromatic carbocycles. The Labute approximate surface area is 196 Å². The van der Waals surface area contributed by atoms with Crippen LogP contribution in [0.2, 0.25) is 5.02 Å². The lowest BCUT2D eigenvalue weighted by Crippen LogP contribution is -2.40. The maximum atomic E-state index is 11.8. The van der Waals surface area contributed by atoms with Crippen molar-refractivity contribution in [1.82, 2.24) is 5.32 Å². The summed E-state index contributed by atoms with van der Waals surface area (Å²) in [4.78, 5) is 23.5. The van der Waals surface area contributed by atoms with Gasteiger partial charge in [-0.2, -0.15) is 0 Å². The van der Waals surface area contributed by atoms with Gasteiger partial charge in [0.25, 0.3) is 6.10 Å². The van der Waals surface area contributed by atoms with Crippen molar-refractivity contribution in [2.45, 2.75) is 38.1 Å². The Kier molecular flexibility index (Phi) is 8.51. The number of carbonyl (C=O) groups is 2. The summed E-state index contributed by atoms with van der Waals surface area (Å²) in [5, 5.41) is 14.2. The van der Waals surface area contributed by atoms with Crippen molar-refractivity contribution >= 4 is 23.5 Å². The van der Waals surface area contributed by atoms with Crippen molar-refractivity contribution in [2.75, 3.05) is 20.8 Å². The monoisotopic (exact) mass is 479 g/mol. The fraction of sp³-hybridized carbons (Fsp3) is 0.391. The highest BCUT2D eigenvalue weighted by Gasteiger charge is 2.37. The van der Waals surface area contributed by atoms with Gasteiger partial charge in [-0.15, -0.1) is 0 Å². The van der Waals surface area contributed by atoms with E-state index >= 15 is 0 Å². The van der Waals surface area contributed by atoms with Gasteiger partial charge in [0.15, 0.2) is 11.5 Å². The van der Waals surface area contributed by atoms with Crippen molar-refractivity contribution in [3.05, 3.63) is 58.6 Å². The van der Waals surface area contributed by atoms with Crippen LogP contribution in [-0.2, 0) is 30.2 Å². The molecule has 33 heavy (non-hydrogen) atoms. The largest absolute Gasteiger partial charge is 0.467 e.